The van der Waals surface area contributed by atoms with Gasteiger partial charge in [0.25, 0.3) is 5.91 Å². The molecule has 27 heavy (non-hydrogen) atoms. The van der Waals surface area contributed by atoms with E-state index >= 15 is 0 Å². The average molecular weight is 368 g/mol. The SMILES string of the molecule is COc1cccc(CCNC(=O)c2ccnc(NC3CCCCCC3)n2)c1. The van der Waals surface area contributed by atoms with Crippen LogP contribution in [0.5, 0.6) is 5.75 Å². The summed E-state index contributed by atoms with van der Waals surface area (Å²) in [6, 6.07) is 9.91. The van der Waals surface area contributed by atoms with Crippen molar-refractivity contribution >= 4 is 11.9 Å². The minimum Gasteiger partial charge on any atom is -0.497 e. The fourth-order valence-corrected chi connectivity index (χ4v) is 3.40. The maximum absolute atomic E-state index is 12.4. The number of hydrogen-bond acceptors (Lipinski definition) is 5. The molecule has 6 heteroatoms. The molecular weight excluding hydrogens is 340 g/mol. The Hall–Kier alpha value is -2.63. The Labute approximate surface area is 160 Å². The van der Waals surface area contributed by atoms with Gasteiger partial charge >= 0.3 is 0 Å². The van der Waals surface area contributed by atoms with Crippen LogP contribution in [0.1, 0.15) is 54.6 Å². The van der Waals surface area contributed by atoms with Gasteiger partial charge in [-0.25, -0.2) is 9.97 Å². The summed E-state index contributed by atoms with van der Waals surface area (Å²) in [6.45, 7) is 0.543. The van der Waals surface area contributed by atoms with E-state index in [4.69, 9.17) is 4.74 Å². The maximum Gasteiger partial charge on any atom is 0.270 e. The Kier molecular flexibility index (Phi) is 7.02. The number of carbonyl (C=O) groups excluding carboxylic acids is 1. The van der Waals surface area contributed by atoms with Crippen molar-refractivity contribution in [3.05, 3.63) is 47.8 Å². The van der Waals surface area contributed by atoms with Crippen molar-refractivity contribution in [3.63, 3.8) is 0 Å². The van der Waals surface area contributed by atoms with Crippen LogP contribution < -0.4 is 15.4 Å². The first kappa shape index (κ1) is 19.1. The van der Waals surface area contributed by atoms with E-state index in [1.807, 2.05) is 24.3 Å². The van der Waals surface area contributed by atoms with E-state index in [0.29, 0.717) is 24.2 Å². The number of hydrogen-bond donors (Lipinski definition) is 2. The lowest BCUT2D eigenvalue weighted by molar-refractivity contribution is 0.0949. The molecule has 1 amide bonds. The van der Waals surface area contributed by atoms with Gasteiger partial charge < -0.3 is 15.4 Å². The Morgan fingerprint density at radius 1 is 1.19 bits per heavy atom. The lowest BCUT2D eigenvalue weighted by atomic mass is 10.1. The third-order valence-electron chi connectivity index (χ3n) is 4.91. The van der Waals surface area contributed by atoms with Gasteiger partial charge in [0.2, 0.25) is 5.95 Å². The molecule has 2 N–H and O–H groups in total. The smallest absolute Gasteiger partial charge is 0.270 e. The maximum atomic E-state index is 12.4. The molecule has 0 saturated heterocycles. The highest BCUT2D eigenvalue weighted by Gasteiger charge is 2.14. The van der Waals surface area contributed by atoms with Crippen LogP contribution in [0.25, 0.3) is 0 Å². The molecule has 0 radical (unpaired) electrons. The summed E-state index contributed by atoms with van der Waals surface area (Å²) in [6.07, 6.45) is 9.73. The molecule has 1 aromatic heterocycles. The third kappa shape index (κ3) is 5.94. The number of carbonyl (C=O) groups is 1. The zero-order valence-electron chi connectivity index (χ0n) is 15.9. The summed E-state index contributed by atoms with van der Waals surface area (Å²) in [5.41, 5.74) is 1.51. The highest BCUT2D eigenvalue weighted by atomic mass is 16.5. The van der Waals surface area contributed by atoms with Crippen molar-refractivity contribution in [1.82, 2.24) is 15.3 Å². The lowest BCUT2D eigenvalue weighted by Crippen LogP contribution is -2.27. The molecule has 1 heterocycles. The van der Waals surface area contributed by atoms with Crippen molar-refractivity contribution < 1.29 is 9.53 Å². The predicted octanol–water partition coefficient (Wildman–Crippen LogP) is 3.59. The summed E-state index contributed by atoms with van der Waals surface area (Å²) in [4.78, 5) is 21.1. The van der Waals surface area contributed by atoms with Crippen LogP contribution in [0.15, 0.2) is 36.5 Å². The number of anilines is 1. The molecule has 1 aromatic carbocycles. The van der Waals surface area contributed by atoms with Crippen LogP contribution >= 0.6 is 0 Å². The first-order chi connectivity index (χ1) is 13.2. The Morgan fingerprint density at radius 2 is 2.00 bits per heavy atom. The van der Waals surface area contributed by atoms with E-state index < -0.39 is 0 Å². The standard InChI is InChI=1S/C21H28N4O2/c1-27-18-10-6-7-16(15-18)11-13-22-20(26)19-12-14-23-21(25-19)24-17-8-4-2-3-5-9-17/h6-7,10,12,14-15,17H,2-5,8-9,11,13H2,1H3,(H,22,26)(H,23,24,25). The van der Waals surface area contributed by atoms with Crippen LogP contribution in [0.2, 0.25) is 0 Å². The molecule has 0 spiro atoms. The Bertz CT molecular complexity index is 742. The quantitative estimate of drug-likeness (QED) is 0.731. The van der Waals surface area contributed by atoms with Crippen molar-refractivity contribution in [2.75, 3.05) is 19.0 Å². The number of nitrogens with zero attached hydrogens (tertiary/aromatic N) is 2. The number of benzene rings is 1. The van der Waals surface area contributed by atoms with Crippen molar-refractivity contribution in [2.24, 2.45) is 0 Å². The number of amides is 1. The molecule has 2 aromatic rings. The molecule has 1 saturated carbocycles. The van der Waals surface area contributed by atoms with Crippen molar-refractivity contribution in [2.45, 2.75) is 51.0 Å². The summed E-state index contributed by atoms with van der Waals surface area (Å²) in [5, 5.41) is 6.32. The van der Waals surface area contributed by atoms with Gasteiger partial charge in [-0.2, -0.15) is 0 Å². The van der Waals surface area contributed by atoms with Crippen LogP contribution in [-0.2, 0) is 6.42 Å². The van der Waals surface area contributed by atoms with E-state index in [0.717, 1.165) is 30.6 Å². The van der Waals surface area contributed by atoms with Gasteiger partial charge in [0.05, 0.1) is 7.11 Å². The highest BCUT2D eigenvalue weighted by Crippen LogP contribution is 2.19. The van der Waals surface area contributed by atoms with Crippen molar-refractivity contribution in [3.8, 4) is 5.75 Å². The molecule has 3 rings (SSSR count). The summed E-state index contributed by atoms with van der Waals surface area (Å²) in [5.74, 6) is 1.19. The Balaban J connectivity index is 1.51. The fourth-order valence-electron chi connectivity index (χ4n) is 3.40. The Morgan fingerprint density at radius 3 is 2.78 bits per heavy atom. The summed E-state index contributed by atoms with van der Waals surface area (Å²) >= 11 is 0. The minimum absolute atomic E-state index is 0.177. The molecule has 0 unspecified atom stereocenters. The third-order valence-corrected chi connectivity index (χ3v) is 4.91. The first-order valence-corrected chi connectivity index (χ1v) is 9.75. The number of aromatic nitrogens is 2. The molecule has 0 aliphatic heterocycles. The first-order valence-electron chi connectivity index (χ1n) is 9.75. The highest BCUT2D eigenvalue weighted by molar-refractivity contribution is 5.92. The number of methoxy groups -OCH3 is 1. The fraction of sp³-hybridized carbons (Fsp3) is 0.476. The summed E-state index contributed by atoms with van der Waals surface area (Å²) < 4.78 is 5.22. The summed E-state index contributed by atoms with van der Waals surface area (Å²) in [7, 11) is 1.65. The van der Waals surface area contributed by atoms with Crippen LogP contribution in [0.4, 0.5) is 5.95 Å². The van der Waals surface area contributed by atoms with Crippen LogP contribution in [0, 0.1) is 0 Å². The van der Waals surface area contributed by atoms with Gasteiger partial charge in [-0.15, -0.1) is 0 Å². The van der Waals surface area contributed by atoms with E-state index in [-0.39, 0.29) is 5.91 Å². The topological polar surface area (TPSA) is 76.1 Å². The molecular formula is C21H28N4O2. The normalized spacial score (nSPS) is 15.0. The monoisotopic (exact) mass is 368 g/mol. The predicted molar refractivity (Wildman–Crippen MR) is 106 cm³/mol. The molecule has 1 fully saturated rings. The van der Waals surface area contributed by atoms with Gasteiger partial charge in [-0.3, -0.25) is 4.79 Å². The van der Waals surface area contributed by atoms with Gasteiger partial charge in [-0.05, 0) is 43.0 Å². The van der Waals surface area contributed by atoms with Gasteiger partial charge in [-0.1, -0.05) is 37.8 Å². The van der Waals surface area contributed by atoms with Gasteiger partial charge in [0, 0.05) is 18.8 Å². The number of ether oxygens (including phenoxy) is 1. The van der Waals surface area contributed by atoms with E-state index in [2.05, 4.69) is 20.6 Å². The second kappa shape index (κ2) is 9.90. The van der Waals surface area contributed by atoms with Gasteiger partial charge in [0.15, 0.2) is 0 Å². The molecule has 6 nitrogen and oxygen atoms in total. The molecule has 0 bridgehead atoms. The zero-order chi connectivity index (χ0) is 18.9. The van der Waals surface area contributed by atoms with Crippen LogP contribution in [0.3, 0.4) is 0 Å². The number of rotatable bonds is 7. The molecule has 0 atom stereocenters. The van der Waals surface area contributed by atoms with Crippen molar-refractivity contribution in [1.29, 1.82) is 0 Å². The van der Waals surface area contributed by atoms with Crippen LogP contribution in [-0.4, -0.2) is 35.6 Å². The average Bonchev–Trinajstić information content (AvgIpc) is 2.97. The molecule has 144 valence electrons. The lowest BCUT2D eigenvalue weighted by Gasteiger charge is -2.16. The van der Waals surface area contributed by atoms with E-state index in [1.165, 1.54) is 25.7 Å². The van der Waals surface area contributed by atoms with E-state index in [9.17, 15) is 4.79 Å². The second-order valence-electron chi connectivity index (χ2n) is 6.96. The van der Waals surface area contributed by atoms with Gasteiger partial charge in [0.1, 0.15) is 11.4 Å². The largest absolute Gasteiger partial charge is 0.497 e. The molecule has 1 aliphatic rings. The minimum atomic E-state index is -0.177. The second-order valence-corrected chi connectivity index (χ2v) is 6.96. The number of nitrogens with one attached hydrogen (secondary N) is 2. The molecule has 1 aliphatic carbocycles. The zero-order valence-corrected chi connectivity index (χ0v) is 15.9. The van der Waals surface area contributed by atoms with E-state index in [1.54, 1.807) is 19.4 Å².